The van der Waals surface area contributed by atoms with Gasteiger partial charge in [0.05, 0.1) is 11.3 Å². The van der Waals surface area contributed by atoms with Crippen molar-refractivity contribution in [3.8, 4) is 10.6 Å². The molecule has 0 fully saturated rings. The number of alkyl halides is 3. The van der Waals surface area contributed by atoms with Gasteiger partial charge < -0.3 is 5.32 Å². The van der Waals surface area contributed by atoms with Gasteiger partial charge in [-0.05, 0) is 19.2 Å². The van der Waals surface area contributed by atoms with Gasteiger partial charge in [-0.25, -0.2) is 4.98 Å². The van der Waals surface area contributed by atoms with Crippen molar-refractivity contribution >= 4 is 11.3 Å². The Morgan fingerprint density at radius 1 is 1.21 bits per heavy atom. The van der Waals surface area contributed by atoms with Crippen LogP contribution < -0.4 is 5.32 Å². The zero-order valence-electron chi connectivity index (χ0n) is 10.3. The molecule has 0 aliphatic rings. The van der Waals surface area contributed by atoms with Crippen LogP contribution in [0.4, 0.5) is 13.2 Å². The van der Waals surface area contributed by atoms with Crippen LogP contribution in [0.2, 0.25) is 0 Å². The zero-order chi connectivity index (χ0) is 13.9. The van der Waals surface area contributed by atoms with E-state index in [1.54, 1.807) is 0 Å². The maximum absolute atomic E-state index is 12.4. The van der Waals surface area contributed by atoms with Crippen molar-refractivity contribution < 1.29 is 13.2 Å². The number of rotatable bonds is 4. The fourth-order valence-electron chi connectivity index (χ4n) is 1.61. The lowest BCUT2D eigenvalue weighted by Crippen LogP contribution is -2.10. The van der Waals surface area contributed by atoms with E-state index >= 15 is 0 Å². The average molecular weight is 286 g/mol. The van der Waals surface area contributed by atoms with Crippen LogP contribution in [-0.2, 0) is 12.6 Å². The van der Waals surface area contributed by atoms with E-state index in [0.717, 1.165) is 35.8 Å². The standard InChI is InChI=1S/C13H13F3N2S/c1-17-7-6-11-8-19-12(18-11)9-2-4-10(5-3-9)13(14,15)16/h2-5,8,17H,6-7H2,1H3. The molecular weight excluding hydrogens is 273 g/mol. The van der Waals surface area contributed by atoms with Crippen molar-refractivity contribution in [1.82, 2.24) is 10.3 Å². The third kappa shape index (κ3) is 3.54. The van der Waals surface area contributed by atoms with Gasteiger partial charge in [-0.2, -0.15) is 13.2 Å². The Balaban J connectivity index is 2.16. The normalized spacial score (nSPS) is 11.8. The molecule has 19 heavy (non-hydrogen) atoms. The summed E-state index contributed by atoms with van der Waals surface area (Å²) in [4.78, 5) is 4.41. The number of thiazole rings is 1. The van der Waals surface area contributed by atoms with Crippen molar-refractivity contribution in [3.63, 3.8) is 0 Å². The first kappa shape index (κ1) is 14.0. The van der Waals surface area contributed by atoms with Gasteiger partial charge >= 0.3 is 6.18 Å². The molecule has 0 amide bonds. The molecule has 0 aliphatic heterocycles. The Morgan fingerprint density at radius 2 is 1.89 bits per heavy atom. The lowest BCUT2D eigenvalue weighted by molar-refractivity contribution is -0.137. The first-order valence-corrected chi connectivity index (χ1v) is 6.65. The second-order valence-electron chi connectivity index (χ2n) is 4.07. The summed E-state index contributed by atoms with van der Waals surface area (Å²) in [5.74, 6) is 0. The van der Waals surface area contributed by atoms with Crippen molar-refractivity contribution in [2.75, 3.05) is 13.6 Å². The molecule has 6 heteroatoms. The molecule has 1 N–H and O–H groups in total. The van der Waals surface area contributed by atoms with E-state index in [4.69, 9.17) is 0 Å². The van der Waals surface area contributed by atoms with E-state index in [9.17, 15) is 13.2 Å². The van der Waals surface area contributed by atoms with Crippen LogP contribution in [0.1, 0.15) is 11.3 Å². The van der Waals surface area contributed by atoms with Crippen molar-refractivity contribution in [2.45, 2.75) is 12.6 Å². The molecular formula is C13H13F3N2S. The van der Waals surface area contributed by atoms with E-state index in [-0.39, 0.29) is 0 Å². The summed E-state index contributed by atoms with van der Waals surface area (Å²) in [6, 6.07) is 5.10. The third-order valence-corrected chi connectivity index (χ3v) is 3.58. The molecule has 2 rings (SSSR count). The summed E-state index contributed by atoms with van der Waals surface area (Å²) in [6.07, 6.45) is -3.48. The molecule has 1 heterocycles. The predicted octanol–water partition coefficient (Wildman–Crippen LogP) is 3.59. The molecule has 102 valence electrons. The van der Waals surface area contributed by atoms with Crippen LogP contribution in [0.3, 0.4) is 0 Å². The Hall–Kier alpha value is -1.40. The minimum Gasteiger partial charge on any atom is -0.319 e. The van der Waals surface area contributed by atoms with Crippen LogP contribution >= 0.6 is 11.3 Å². The molecule has 1 aromatic heterocycles. The summed E-state index contributed by atoms with van der Waals surface area (Å²) >= 11 is 1.45. The molecule has 1 aromatic carbocycles. The minimum atomic E-state index is -4.29. The van der Waals surface area contributed by atoms with E-state index < -0.39 is 11.7 Å². The Bertz CT molecular complexity index is 532. The number of hydrogen-bond donors (Lipinski definition) is 1. The number of nitrogens with zero attached hydrogens (tertiary/aromatic N) is 1. The highest BCUT2D eigenvalue weighted by atomic mass is 32.1. The number of aromatic nitrogens is 1. The number of halogens is 3. The Morgan fingerprint density at radius 3 is 2.47 bits per heavy atom. The van der Waals surface area contributed by atoms with Gasteiger partial charge in [-0.1, -0.05) is 12.1 Å². The van der Waals surface area contributed by atoms with Crippen LogP contribution in [0.15, 0.2) is 29.6 Å². The lowest BCUT2D eigenvalue weighted by Gasteiger charge is -2.06. The number of likely N-dealkylation sites (N-methyl/N-ethyl adjacent to an activating group) is 1. The van der Waals surface area contributed by atoms with Crippen molar-refractivity contribution in [3.05, 3.63) is 40.9 Å². The highest BCUT2D eigenvalue weighted by Gasteiger charge is 2.30. The van der Waals surface area contributed by atoms with Gasteiger partial charge in [-0.15, -0.1) is 11.3 Å². The molecule has 0 spiro atoms. The van der Waals surface area contributed by atoms with Crippen molar-refractivity contribution in [2.24, 2.45) is 0 Å². The summed E-state index contributed by atoms with van der Waals surface area (Å²) in [6.45, 7) is 0.830. The summed E-state index contributed by atoms with van der Waals surface area (Å²) in [5, 5.41) is 5.71. The summed E-state index contributed by atoms with van der Waals surface area (Å²) in [5.41, 5.74) is 1.03. The third-order valence-electron chi connectivity index (χ3n) is 2.64. The highest BCUT2D eigenvalue weighted by molar-refractivity contribution is 7.13. The molecule has 0 saturated carbocycles. The van der Waals surface area contributed by atoms with Crippen LogP contribution in [0.5, 0.6) is 0 Å². The molecule has 0 saturated heterocycles. The van der Waals surface area contributed by atoms with Crippen LogP contribution in [-0.4, -0.2) is 18.6 Å². The molecule has 0 aliphatic carbocycles. The monoisotopic (exact) mass is 286 g/mol. The van der Waals surface area contributed by atoms with Gasteiger partial charge in [0.15, 0.2) is 0 Å². The summed E-state index contributed by atoms with van der Waals surface area (Å²) in [7, 11) is 1.86. The van der Waals surface area contributed by atoms with Crippen LogP contribution in [0.25, 0.3) is 10.6 Å². The fraction of sp³-hybridized carbons (Fsp3) is 0.308. The van der Waals surface area contributed by atoms with E-state index in [1.807, 2.05) is 12.4 Å². The first-order chi connectivity index (χ1) is 9.00. The highest BCUT2D eigenvalue weighted by Crippen LogP contribution is 2.31. The largest absolute Gasteiger partial charge is 0.416 e. The fourth-order valence-corrected chi connectivity index (χ4v) is 2.47. The smallest absolute Gasteiger partial charge is 0.319 e. The second kappa shape index (κ2) is 5.71. The van der Waals surface area contributed by atoms with Crippen LogP contribution in [0, 0.1) is 0 Å². The molecule has 0 radical (unpaired) electrons. The number of benzene rings is 1. The Labute approximate surface area is 113 Å². The lowest BCUT2D eigenvalue weighted by atomic mass is 10.1. The topological polar surface area (TPSA) is 24.9 Å². The zero-order valence-corrected chi connectivity index (χ0v) is 11.1. The Kier molecular flexibility index (Phi) is 4.21. The molecule has 0 bridgehead atoms. The quantitative estimate of drug-likeness (QED) is 0.929. The second-order valence-corrected chi connectivity index (χ2v) is 4.93. The van der Waals surface area contributed by atoms with Gasteiger partial charge in [-0.3, -0.25) is 0 Å². The van der Waals surface area contributed by atoms with Gasteiger partial charge in [0.1, 0.15) is 5.01 Å². The van der Waals surface area contributed by atoms with E-state index in [2.05, 4.69) is 10.3 Å². The molecule has 0 unspecified atom stereocenters. The van der Waals surface area contributed by atoms with Crippen molar-refractivity contribution in [1.29, 1.82) is 0 Å². The average Bonchev–Trinajstić information content (AvgIpc) is 2.84. The van der Waals surface area contributed by atoms with E-state index in [0.29, 0.717) is 5.56 Å². The predicted molar refractivity (Wildman–Crippen MR) is 70.2 cm³/mol. The maximum Gasteiger partial charge on any atom is 0.416 e. The molecule has 2 nitrogen and oxygen atoms in total. The maximum atomic E-state index is 12.4. The minimum absolute atomic E-state index is 0.636. The van der Waals surface area contributed by atoms with Gasteiger partial charge in [0.25, 0.3) is 0 Å². The number of nitrogens with one attached hydrogen (secondary N) is 1. The van der Waals surface area contributed by atoms with E-state index in [1.165, 1.54) is 23.5 Å². The number of hydrogen-bond acceptors (Lipinski definition) is 3. The molecule has 2 aromatic rings. The SMILES string of the molecule is CNCCc1csc(-c2ccc(C(F)(F)F)cc2)n1. The first-order valence-electron chi connectivity index (χ1n) is 5.77. The van der Waals surface area contributed by atoms with Gasteiger partial charge in [0.2, 0.25) is 0 Å². The van der Waals surface area contributed by atoms with Gasteiger partial charge in [0, 0.05) is 23.9 Å². The summed E-state index contributed by atoms with van der Waals surface area (Å²) < 4.78 is 37.3. The molecule has 0 atom stereocenters.